The first-order chi connectivity index (χ1) is 29.7. The van der Waals surface area contributed by atoms with E-state index >= 15 is 0 Å². The second-order valence-electron chi connectivity index (χ2n) is 15.8. The van der Waals surface area contributed by atoms with Crippen LogP contribution in [0, 0.1) is 6.92 Å². The Hall–Kier alpha value is -7.46. The molecule has 1 aromatic heterocycles. The molecule has 0 fully saturated rings. The molecular weight excluding hydrogens is 741 g/mol. The van der Waals surface area contributed by atoms with E-state index in [2.05, 4.69) is 253 Å². The first kappa shape index (κ1) is 35.7. The fraction of sp³-hybridized carbons (Fsp3) is 0.0175. The third-order valence-electron chi connectivity index (χ3n) is 12.4. The van der Waals surface area contributed by atoms with E-state index in [-0.39, 0.29) is 0 Å². The van der Waals surface area contributed by atoms with Crippen LogP contribution in [-0.4, -0.2) is 12.6 Å². The van der Waals surface area contributed by atoms with Crippen molar-refractivity contribution >= 4 is 78.5 Å². The van der Waals surface area contributed by atoms with Crippen molar-refractivity contribution in [2.45, 2.75) is 6.92 Å². The van der Waals surface area contributed by atoms with Gasteiger partial charge in [0, 0.05) is 33.2 Å². The summed E-state index contributed by atoms with van der Waals surface area (Å²) in [5, 5.41) is 10.6. The van der Waals surface area contributed by atoms with Crippen molar-refractivity contribution in [2.75, 3.05) is 4.90 Å². The fourth-order valence-electron chi connectivity index (χ4n) is 9.62. The van der Waals surface area contributed by atoms with E-state index in [1.807, 2.05) is 0 Å². The van der Waals surface area contributed by atoms with E-state index in [0.29, 0.717) is 0 Å². The van der Waals surface area contributed by atoms with Crippen molar-refractivity contribution < 1.29 is 0 Å². The molecule has 11 rings (SSSR count). The van der Waals surface area contributed by atoms with Gasteiger partial charge in [-0.25, -0.2) is 0 Å². The zero-order valence-electron chi connectivity index (χ0n) is 33.4. The number of hydrogen-bond donors (Lipinski definition) is 0. The zero-order valence-corrected chi connectivity index (χ0v) is 34.4. The average molecular weight is 783 g/mol. The lowest BCUT2D eigenvalue weighted by atomic mass is 9.99. The Kier molecular flexibility index (Phi) is 8.76. The first-order valence-electron chi connectivity index (χ1n) is 20.8. The van der Waals surface area contributed by atoms with Crippen LogP contribution >= 0.6 is 0 Å². The molecule has 0 saturated carbocycles. The van der Waals surface area contributed by atoms with Gasteiger partial charge in [-0.1, -0.05) is 188 Å². The van der Waals surface area contributed by atoms with E-state index in [1.165, 1.54) is 75.7 Å². The van der Waals surface area contributed by atoms with E-state index < -0.39 is 8.07 Å². The third-order valence-corrected chi connectivity index (χ3v) is 17.2. The van der Waals surface area contributed by atoms with E-state index in [9.17, 15) is 0 Å². The van der Waals surface area contributed by atoms with Crippen molar-refractivity contribution in [2.24, 2.45) is 0 Å². The SMILES string of the molecule is Cc1ccc(N(c2ccc(-c3ccc([Si](c4ccccc4)(c4ccccc4)c4ccccc4)cc3)cc2)c2ccc3c4c2ccc2cccc(c24)n3-c2ccccc2)cc1. The number of aryl methyl sites for hydroxylation is 1. The largest absolute Gasteiger partial charge is 0.310 e. The molecule has 11 aromatic rings. The Morgan fingerprint density at radius 2 is 0.850 bits per heavy atom. The molecule has 60 heavy (non-hydrogen) atoms. The highest BCUT2D eigenvalue weighted by molar-refractivity contribution is 7.19. The number of para-hydroxylation sites is 1. The van der Waals surface area contributed by atoms with Crippen LogP contribution in [0.4, 0.5) is 17.1 Å². The summed E-state index contributed by atoms with van der Waals surface area (Å²) in [6, 6.07) is 87.4. The molecule has 0 aliphatic carbocycles. The van der Waals surface area contributed by atoms with Crippen LogP contribution in [0.2, 0.25) is 0 Å². The van der Waals surface area contributed by atoms with Crippen molar-refractivity contribution in [1.82, 2.24) is 4.57 Å². The molecule has 0 N–H and O–H groups in total. The number of anilines is 3. The summed E-state index contributed by atoms with van der Waals surface area (Å²) >= 11 is 0. The summed E-state index contributed by atoms with van der Waals surface area (Å²) in [6.45, 7) is 2.15. The van der Waals surface area contributed by atoms with Crippen LogP contribution in [0.5, 0.6) is 0 Å². The molecule has 0 radical (unpaired) electrons. The van der Waals surface area contributed by atoms with Crippen molar-refractivity contribution in [3.05, 3.63) is 242 Å². The zero-order chi connectivity index (χ0) is 40.0. The van der Waals surface area contributed by atoms with Crippen molar-refractivity contribution in [1.29, 1.82) is 0 Å². The van der Waals surface area contributed by atoms with Gasteiger partial charge in [0.25, 0.3) is 0 Å². The summed E-state index contributed by atoms with van der Waals surface area (Å²) in [7, 11) is -2.60. The summed E-state index contributed by atoms with van der Waals surface area (Å²) in [4.78, 5) is 2.42. The molecule has 0 bridgehead atoms. The van der Waals surface area contributed by atoms with Crippen LogP contribution in [0.1, 0.15) is 5.56 Å². The minimum atomic E-state index is -2.60. The monoisotopic (exact) mass is 782 g/mol. The Morgan fingerprint density at radius 3 is 1.42 bits per heavy atom. The Balaban J connectivity index is 1.02. The first-order valence-corrected chi connectivity index (χ1v) is 22.8. The van der Waals surface area contributed by atoms with Gasteiger partial charge in [-0.15, -0.1) is 0 Å². The molecule has 1 heterocycles. The lowest BCUT2D eigenvalue weighted by Gasteiger charge is -2.34. The summed E-state index contributed by atoms with van der Waals surface area (Å²) < 4.78 is 2.41. The van der Waals surface area contributed by atoms with Crippen LogP contribution in [-0.2, 0) is 0 Å². The molecule has 0 amide bonds. The number of rotatable bonds is 9. The molecule has 10 aromatic carbocycles. The number of nitrogens with zero attached hydrogens (tertiary/aromatic N) is 2. The average Bonchev–Trinajstić information content (AvgIpc) is 3.67. The van der Waals surface area contributed by atoms with Crippen LogP contribution < -0.4 is 25.6 Å². The van der Waals surface area contributed by atoms with Gasteiger partial charge in [0.05, 0.1) is 16.7 Å². The van der Waals surface area contributed by atoms with Gasteiger partial charge in [-0.2, -0.15) is 0 Å². The maximum Gasteiger partial charge on any atom is 0.179 e. The molecule has 0 saturated heterocycles. The van der Waals surface area contributed by atoms with E-state index in [4.69, 9.17) is 0 Å². The van der Waals surface area contributed by atoms with Crippen molar-refractivity contribution in [3.8, 4) is 16.8 Å². The molecule has 0 aliphatic rings. The Morgan fingerprint density at radius 1 is 0.367 bits per heavy atom. The highest BCUT2D eigenvalue weighted by Gasteiger charge is 2.41. The van der Waals surface area contributed by atoms with Gasteiger partial charge in [-0.3, -0.25) is 0 Å². The number of hydrogen-bond acceptors (Lipinski definition) is 1. The van der Waals surface area contributed by atoms with Gasteiger partial charge >= 0.3 is 0 Å². The minimum Gasteiger partial charge on any atom is -0.310 e. The number of aromatic nitrogens is 1. The van der Waals surface area contributed by atoms with Crippen molar-refractivity contribution in [3.63, 3.8) is 0 Å². The van der Waals surface area contributed by atoms with Gasteiger partial charge in [-0.05, 0) is 98.8 Å². The van der Waals surface area contributed by atoms with Crippen LogP contribution in [0.15, 0.2) is 237 Å². The standard InChI is InChI=1S/C57H42N2Si/c1-41-25-32-46(33-26-41)58(53-39-40-55-57-52(53)38-31-44-15-14-24-54(56(44)57)59(55)45-16-6-2-7-17-45)47-34-27-42(28-35-47)43-29-36-51(37-30-43)60(48-18-8-3-9-19-48,49-20-10-4-11-21-49)50-22-12-5-13-23-50/h2-40H,1H3. The quantitative estimate of drug-likeness (QED) is 0.0804. The second kappa shape index (κ2) is 14.7. The van der Waals surface area contributed by atoms with E-state index in [1.54, 1.807) is 0 Å². The summed E-state index contributed by atoms with van der Waals surface area (Å²) in [5.41, 5.74) is 10.6. The minimum absolute atomic E-state index is 1.12. The molecular formula is C57H42N2Si. The summed E-state index contributed by atoms with van der Waals surface area (Å²) in [6.07, 6.45) is 0. The maximum atomic E-state index is 2.42. The van der Waals surface area contributed by atoms with Crippen LogP contribution in [0.3, 0.4) is 0 Å². The number of benzene rings is 10. The highest BCUT2D eigenvalue weighted by atomic mass is 28.3. The predicted molar refractivity (Wildman–Crippen MR) is 258 cm³/mol. The topological polar surface area (TPSA) is 8.17 Å². The highest BCUT2D eigenvalue weighted by Crippen LogP contribution is 2.46. The smallest absolute Gasteiger partial charge is 0.179 e. The Bertz CT molecular complexity index is 3120. The molecule has 284 valence electrons. The van der Waals surface area contributed by atoms with Crippen LogP contribution in [0.25, 0.3) is 49.4 Å². The molecule has 0 unspecified atom stereocenters. The maximum absolute atomic E-state index is 2.60. The second-order valence-corrected chi connectivity index (χ2v) is 19.6. The molecule has 0 spiro atoms. The predicted octanol–water partition coefficient (Wildman–Crippen LogP) is 12.2. The van der Waals surface area contributed by atoms with Gasteiger partial charge < -0.3 is 9.47 Å². The Labute approximate surface area is 352 Å². The van der Waals surface area contributed by atoms with Gasteiger partial charge in [0.2, 0.25) is 0 Å². The lowest BCUT2D eigenvalue weighted by molar-refractivity contribution is 1.18. The molecule has 0 aliphatic heterocycles. The lowest BCUT2D eigenvalue weighted by Crippen LogP contribution is -2.74. The molecule has 0 atom stereocenters. The van der Waals surface area contributed by atoms with Gasteiger partial charge in [0.1, 0.15) is 0 Å². The molecule has 2 nitrogen and oxygen atoms in total. The fourth-order valence-corrected chi connectivity index (χ4v) is 14.4. The third kappa shape index (κ3) is 5.78. The van der Waals surface area contributed by atoms with E-state index in [0.717, 1.165) is 17.1 Å². The van der Waals surface area contributed by atoms with Gasteiger partial charge in [0.15, 0.2) is 8.07 Å². The normalized spacial score (nSPS) is 11.8. The molecule has 3 heteroatoms. The summed E-state index contributed by atoms with van der Waals surface area (Å²) in [5.74, 6) is 0.